The van der Waals surface area contributed by atoms with E-state index in [0.29, 0.717) is 5.92 Å². The van der Waals surface area contributed by atoms with Gasteiger partial charge in [-0.3, -0.25) is 0 Å². The van der Waals surface area contributed by atoms with Crippen LogP contribution in [0.2, 0.25) is 0 Å². The second kappa shape index (κ2) is 4.69. The van der Waals surface area contributed by atoms with Crippen molar-refractivity contribution in [2.75, 3.05) is 7.11 Å². The van der Waals surface area contributed by atoms with Crippen molar-refractivity contribution < 1.29 is 4.74 Å². The van der Waals surface area contributed by atoms with E-state index >= 15 is 0 Å². The van der Waals surface area contributed by atoms with E-state index in [1.165, 1.54) is 12.8 Å². The Morgan fingerprint density at radius 2 is 2.06 bits per heavy atom. The van der Waals surface area contributed by atoms with E-state index in [0.717, 1.165) is 27.4 Å². The van der Waals surface area contributed by atoms with Crippen molar-refractivity contribution in [3.63, 3.8) is 0 Å². The molecule has 1 saturated carbocycles. The molecular formula is C14H13BrN2O. The van der Waals surface area contributed by atoms with Crippen LogP contribution in [0.3, 0.4) is 0 Å². The van der Waals surface area contributed by atoms with Crippen LogP contribution in [-0.2, 0) is 0 Å². The number of nitrogens with zero attached hydrogens (tertiary/aromatic N) is 2. The molecule has 1 aromatic heterocycles. The van der Waals surface area contributed by atoms with Gasteiger partial charge in [0, 0.05) is 11.5 Å². The van der Waals surface area contributed by atoms with Gasteiger partial charge in [-0.05, 0) is 47.0 Å². The predicted molar refractivity (Wildman–Crippen MR) is 73.7 cm³/mol. The number of aromatic nitrogens is 2. The highest BCUT2D eigenvalue weighted by molar-refractivity contribution is 9.10. The SMILES string of the molecule is COc1cccc(-c2cc(Br)nc(C3CC3)n2)c1. The van der Waals surface area contributed by atoms with Gasteiger partial charge in [0.2, 0.25) is 0 Å². The molecule has 1 aliphatic rings. The molecule has 4 heteroatoms. The maximum Gasteiger partial charge on any atom is 0.133 e. The summed E-state index contributed by atoms with van der Waals surface area (Å²) in [5, 5.41) is 0. The van der Waals surface area contributed by atoms with E-state index < -0.39 is 0 Å². The molecule has 3 nitrogen and oxygen atoms in total. The van der Waals surface area contributed by atoms with Gasteiger partial charge in [-0.2, -0.15) is 0 Å². The Bertz CT molecular complexity index is 582. The quantitative estimate of drug-likeness (QED) is 0.809. The molecule has 0 aliphatic heterocycles. The first-order valence-corrected chi connectivity index (χ1v) is 6.74. The lowest BCUT2D eigenvalue weighted by Crippen LogP contribution is -1.95. The van der Waals surface area contributed by atoms with Gasteiger partial charge in [-0.15, -0.1) is 0 Å². The first-order valence-electron chi connectivity index (χ1n) is 5.95. The van der Waals surface area contributed by atoms with E-state index in [2.05, 4.69) is 25.9 Å². The highest BCUT2D eigenvalue weighted by Gasteiger charge is 2.27. The van der Waals surface area contributed by atoms with Gasteiger partial charge in [0.1, 0.15) is 16.2 Å². The molecule has 1 heterocycles. The van der Waals surface area contributed by atoms with Gasteiger partial charge in [0.25, 0.3) is 0 Å². The third-order valence-corrected chi connectivity index (χ3v) is 3.43. The second-order valence-corrected chi connectivity index (χ2v) is 5.25. The van der Waals surface area contributed by atoms with Gasteiger partial charge >= 0.3 is 0 Å². The minimum atomic E-state index is 0.548. The van der Waals surface area contributed by atoms with Crippen LogP contribution in [0.25, 0.3) is 11.3 Å². The Balaban J connectivity index is 2.04. The molecule has 0 unspecified atom stereocenters. The molecule has 0 bridgehead atoms. The summed E-state index contributed by atoms with van der Waals surface area (Å²) in [5.74, 6) is 2.34. The molecule has 2 aromatic rings. The fraction of sp³-hybridized carbons (Fsp3) is 0.286. The smallest absolute Gasteiger partial charge is 0.133 e. The maximum absolute atomic E-state index is 5.24. The van der Waals surface area contributed by atoms with Gasteiger partial charge in [0.05, 0.1) is 12.8 Å². The van der Waals surface area contributed by atoms with E-state index in [1.807, 2.05) is 30.3 Å². The number of rotatable bonds is 3. The van der Waals surface area contributed by atoms with E-state index in [9.17, 15) is 0 Å². The van der Waals surface area contributed by atoms with E-state index in [1.54, 1.807) is 7.11 Å². The van der Waals surface area contributed by atoms with Crippen LogP contribution in [0.15, 0.2) is 34.9 Å². The zero-order valence-corrected chi connectivity index (χ0v) is 11.6. The number of methoxy groups -OCH3 is 1. The molecule has 0 N–H and O–H groups in total. The van der Waals surface area contributed by atoms with E-state index in [4.69, 9.17) is 4.74 Å². The van der Waals surface area contributed by atoms with Crippen LogP contribution in [0.4, 0.5) is 0 Å². The van der Waals surface area contributed by atoms with Gasteiger partial charge in [-0.1, -0.05) is 12.1 Å². The molecule has 0 saturated heterocycles. The van der Waals surface area contributed by atoms with Crippen LogP contribution >= 0.6 is 15.9 Å². The summed E-state index contributed by atoms with van der Waals surface area (Å²) in [6, 6.07) is 9.88. The number of halogens is 1. The summed E-state index contributed by atoms with van der Waals surface area (Å²) in [7, 11) is 1.67. The summed E-state index contributed by atoms with van der Waals surface area (Å²) < 4.78 is 6.09. The monoisotopic (exact) mass is 304 g/mol. The third-order valence-electron chi connectivity index (χ3n) is 3.02. The van der Waals surface area contributed by atoms with Crippen LogP contribution in [0, 0.1) is 0 Å². The molecule has 1 fully saturated rings. The number of hydrogen-bond acceptors (Lipinski definition) is 3. The number of benzene rings is 1. The number of ether oxygens (including phenoxy) is 1. The van der Waals surface area contributed by atoms with Crippen molar-refractivity contribution in [1.29, 1.82) is 0 Å². The lowest BCUT2D eigenvalue weighted by molar-refractivity contribution is 0.415. The fourth-order valence-corrected chi connectivity index (χ4v) is 2.29. The Morgan fingerprint density at radius 1 is 1.22 bits per heavy atom. The maximum atomic E-state index is 5.24. The van der Waals surface area contributed by atoms with Gasteiger partial charge in [-0.25, -0.2) is 9.97 Å². The summed E-state index contributed by atoms with van der Waals surface area (Å²) in [4.78, 5) is 9.08. The zero-order chi connectivity index (χ0) is 12.5. The van der Waals surface area contributed by atoms with E-state index in [-0.39, 0.29) is 0 Å². The zero-order valence-electron chi connectivity index (χ0n) is 10.1. The van der Waals surface area contributed by atoms with Gasteiger partial charge in [0.15, 0.2) is 0 Å². The molecule has 18 heavy (non-hydrogen) atoms. The number of hydrogen-bond donors (Lipinski definition) is 0. The molecule has 1 aliphatic carbocycles. The molecule has 0 spiro atoms. The normalized spacial score (nSPS) is 14.6. The van der Waals surface area contributed by atoms with Crippen LogP contribution in [-0.4, -0.2) is 17.1 Å². The average molecular weight is 305 g/mol. The molecule has 0 amide bonds. The minimum absolute atomic E-state index is 0.548. The third kappa shape index (κ3) is 2.38. The van der Waals surface area contributed by atoms with Crippen molar-refractivity contribution in [2.45, 2.75) is 18.8 Å². The summed E-state index contributed by atoms with van der Waals surface area (Å²) >= 11 is 3.46. The lowest BCUT2D eigenvalue weighted by Gasteiger charge is -2.06. The fourth-order valence-electron chi connectivity index (χ4n) is 1.89. The summed E-state index contributed by atoms with van der Waals surface area (Å²) in [5.41, 5.74) is 2.00. The van der Waals surface area contributed by atoms with Crippen molar-refractivity contribution in [2.24, 2.45) is 0 Å². The Labute approximate surface area is 114 Å². The molecule has 1 aromatic carbocycles. The van der Waals surface area contributed by atoms with Crippen molar-refractivity contribution in [1.82, 2.24) is 9.97 Å². The van der Waals surface area contributed by atoms with Crippen molar-refractivity contribution >= 4 is 15.9 Å². The van der Waals surface area contributed by atoms with Crippen LogP contribution in [0.5, 0.6) is 5.75 Å². The minimum Gasteiger partial charge on any atom is -0.497 e. The van der Waals surface area contributed by atoms with Crippen LogP contribution in [0.1, 0.15) is 24.6 Å². The average Bonchev–Trinajstić information content (AvgIpc) is 3.22. The standard InChI is InChI=1S/C14H13BrN2O/c1-18-11-4-2-3-10(7-11)12-8-13(15)17-14(16-12)9-5-6-9/h2-4,7-9H,5-6H2,1H3. The largest absolute Gasteiger partial charge is 0.497 e. The molecule has 0 atom stereocenters. The lowest BCUT2D eigenvalue weighted by atomic mass is 10.1. The summed E-state index contributed by atoms with van der Waals surface area (Å²) in [6.45, 7) is 0. The Kier molecular flexibility index (Phi) is 3.04. The second-order valence-electron chi connectivity index (χ2n) is 4.44. The van der Waals surface area contributed by atoms with Gasteiger partial charge < -0.3 is 4.74 Å². The molecular weight excluding hydrogens is 292 g/mol. The predicted octanol–water partition coefficient (Wildman–Crippen LogP) is 3.79. The molecule has 0 radical (unpaired) electrons. The highest BCUT2D eigenvalue weighted by Crippen LogP contribution is 2.39. The summed E-state index contributed by atoms with van der Waals surface area (Å²) in [6.07, 6.45) is 2.40. The Hall–Kier alpha value is -1.42. The molecule has 3 rings (SSSR count). The van der Waals surface area contributed by atoms with Crippen molar-refractivity contribution in [3.05, 3.63) is 40.8 Å². The topological polar surface area (TPSA) is 35.0 Å². The molecule has 92 valence electrons. The van der Waals surface area contributed by atoms with Crippen LogP contribution < -0.4 is 4.74 Å². The first-order chi connectivity index (χ1) is 8.76. The van der Waals surface area contributed by atoms with Crippen molar-refractivity contribution in [3.8, 4) is 17.0 Å². The Morgan fingerprint density at radius 3 is 2.78 bits per heavy atom. The highest BCUT2D eigenvalue weighted by atomic mass is 79.9. The first kappa shape index (κ1) is 11.7.